The molecule has 0 aromatic carbocycles. The van der Waals surface area contributed by atoms with Crippen LogP contribution in [-0.4, -0.2) is 18.1 Å². The van der Waals surface area contributed by atoms with Crippen LogP contribution < -0.4 is 11.1 Å². The molecule has 0 aliphatic rings. The molecular formula is C9H17N3. The molecule has 3 heteroatoms. The van der Waals surface area contributed by atoms with Gasteiger partial charge >= 0.3 is 0 Å². The summed E-state index contributed by atoms with van der Waals surface area (Å²) in [6, 6.07) is 4.00. The third kappa shape index (κ3) is 2.96. The van der Waals surface area contributed by atoms with Gasteiger partial charge in [0.25, 0.3) is 0 Å². The van der Waals surface area contributed by atoms with Crippen LogP contribution in [0.5, 0.6) is 0 Å². The Morgan fingerprint density at radius 3 is 3.08 bits per heavy atom. The van der Waals surface area contributed by atoms with Crippen molar-refractivity contribution in [2.24, 2.45) is 11.7 Å². The Balaban J connectivity index is 2.11. The molecule has 68 valence electrons. The van der Waals surface area contributed by atoms with E-state index < -0.39 is 0 Å². The molecule has 12 heavy (non-hydrogen) atoms. The number of aromatic amines is 1. The first-order valence-corrected chi connectivity index (χ1v) is 4.40. The molecule has 0 fully saturated rings. The predicted octanol–water partition coefficient (Wildman–Crippen LogP) is 1.41. The Labute approximate surface area is 73.4 Å². The van der Waals surface area contributed by atoms with E-state index in [0.29, 0.717) is 5.92 Å². The standard InChI is InChI=1S/C9H17N3/c1-8(7-10)4-6-12-9-3-2-5-11-9/h2-3,5,8,11-12H,4,6-7,10H2,1H3. The molecule has 1 aromatic heterocycles. The smallest absolute Gasteiger partial charge is 0.103 e. The number of anilines is 1. The number of nitrogens with two attached hydrogens (primary N) is 1. The topological polar surface area (TPSA) is 53.8 Å². The van der Waals surface area contributed by atoms with E-state index in [-0.39, 0.29) is 0 Å². The maximum atomic E-state index is 5.50. The zero-order valence-corrected chi connectivity index (χ0v) is 7.51. The van der Waals surface area contributed by atoms with Gasteiger partial charge in [-0.25, -0.2) is 0 Å². The number of nitrogens with one attached hydrogen (secondary N) is 2. The molecule has 1 rings (SSSR count). The first kappa shape index (κ1) is 9.13. The van der Waals surface area contributed by atoms with Gasteiger partial charge in [0.05, 0.1) is 0 Å². The highest BCUT2D eigenvalue weighted by Gasteiger charge is 1.97. The van der Waals surface area contributed by atoms with Gasteiger partial charge in [0.1, 0.15) is 5.82 Å². The molecule has 0 spiro atoms. The molecule has 1 atom stereocenters. The third-order valence-corrected chi connectivity index (χ3v) is 1.95. The molecular weight excluding hydrogens is 150 g/mol. The highest BCUT2D eigenvalue weighted by molar-refractivity contribution is 5.33. The van der Waals surface area contributed by atoms with Gasteiger partial charge < -0.3 is 16.0 Å². The largest absolute Gasteiger partial charge is 0.372 e. The van der Waals surface area contributed by atoms with Crippen LogP contribution >= 0.6 is 0 Å². The molecule has 0 radical (unpaired) electrons. The van der Waals surface area contributed by atoms with Gasteiger partial charge in [-0.05, 0) is 31.0 Å². The molecule has 0 bridgehead atoms. The fraction of sp³-hybridized carbons (Fsp3) is 0.556. The van der Waals surface area contributed by atoms with Gasteiger partial charge in [0.2, 0.25) is 0 Å². The lowest BCUT2D eigenvalue weighted by atomic mass is 10.1. The highest BCUT2D eigenvalue weighted by Crippen LogP contribution is 2.03. The molecule has 1 unspecified atom stereocenters. The molecule has 1 aromatic rings. The fourth-order valence-electron chi connectivity index (χ4n) is 1.01. The SMILES string of the molecule is CC(CN)CCNc1ccc[nH]1. The summed E-state index contributed by atoms with van der Waals surface area (Å²) in [5.41, 5.74) is 5.50. The first-order valence-electron chi connectivity index (χ1n) is 4.40. The van der Waals surface area contributed by atoms with Crippen LogP contribution in [0.15, 0.2) is 18.3 Å². The van der Waals surface area contributed by atoms with Crippen molar-refractivity contribution < 1.29 is 0 Å². The number of aromatic nitrogens is 1. The molecule has 0 aliphatic heterocycles. The number of H-pyrrole nitrogens is 1. The molecule has 0 saturated heterocycles. The first-order chi connectivity index (χ1) is 5.83. The van der Waals surface area contributed by atoms with E-state index in [1.807, 2.05) is 18.3 Å². The molecule has 4 N–H and O–H groups in total. The Morgan fingerprint density at radius 2 is 2.50 bits per heavy atom. The van der Waals surface area contributed by atoms with Crippen LogP contribution in [0.1, 0.15) is 13.3 Å². The van der Waals surface area contributed by atoms with Gasteiger partial charge in [-0.15, -0.1) is 0 Å². The van der Waals surface area contributed by atoms with E-state index in [2.05, 4.69) is 17.2 Å². The normalized spacial score (nSPS) is 12.8. The summed E-state index contributed by atoms with van der Waals surface area (Å²) in [7, 11) is 0. The highest BCUT2D eigenvalue weighted by atomic mass is 15.0. The number of rotatable bonds is 5. The van der Waals surface area contributed by atoms with Crippen molar-refractivity contribution in [3.05, 3.63) is 18.3 Å². The molecule has 0 amide bonds. The Morgan fingerprint density at radius 1 is 1.67 bits per heavy atom. The maximum absolute atomic E-state index is 5.50. The second-order valence-electron chi connectivity index (χ2n) is 3.14. The van der Waals surface area contributed by atoms with E-state index in [1.165, 1.54) is 0 Å². The minimum atomic E-state index is 0.604. The van der Waals surface area contributed by atoms with Crippen LogP contribution in [0, 0.1) is 5.92 Å². The van der Waals surface area contributed by atoms with Crippen LogP contribution in [0.25, 0.3) is 0 Å². The summed E-state index contributed by atoms with van der Waals surface area (Å²) in [4.78, 5) is 3.09. The van der Waals surface area contributed by atoms with E-state index in [4.69, 9.17) is 5.73 Å². The lowest BCUT2D eigenvalue weighted by molar-refractivity contribution is 0.561. The van der Waals surface area contributed by atoms with Gasteiger partial charge in [0.15, 0.2) is 0 Å². The molecule has 3 nitrogen and oxygen atoms in total. The van der Waals surface area contributed by atoms with Crippen LogP contribution in [0.4, 0.5) is 5.82 Å². The summed E-state index contributed by atoms with van der Waals surface area (Å²) in [6.45, 7) is 3.92. The quantitative estimate of drug-likeness (QED) is 0.621. The maximum Gasteiger partial charge on any atom is 0.103 e. The second kappa shape index (κ2) is 4.83. The average Bonchev–Trinajstić information content (AvgIpc) is 2.57. The van der Waals surface area contributed by atoms with Crippen LogP contribution in [0.2, 0.25) is 0 Å². The van der Waals surface area contributed by atoms with Crippen molar-refractivity contribution in [1.29, 1.82) is 0 Å². The second-order valence-corrected chi connectivity index (χ2v) is 3.14. The molecule has 0 aliphatic carbocycles. The monoisotopic (exact) mass is 167 g/mol. The van der Waals surface area contributed by atoms with Gasteiger partial charge in [-0.1, -0.05) is 6.92 Å². The Kier molecular flexibility index (Phi) is 3.67. The number of hydrogen-bond acceptors (Lipinski definition) is 2. The number of hydrogen-bond donors (Lipinski definition) is 3. The Bertz CT molecular complexity index is 194. The summed E-state index contributed by atoms with van der Waals surface area (Å²) in [5.74, 6) is 1.69. The minimum Gasteiger partial charge on any atom is -0.372 e. The molecule has 0 saturated carbocycles. The van der Waals surface area contributed by atoms with Gasteiger partial charge in [-0.3, -0.25) is 0 Å². The van der Waals surface area contributed by atoms with Crippen molar-refractivity contribution in [3.63, 3.8) is 0 Å². The van der Waals surface area contributed by atoms with Crippen molar-refractivity contribution in [1.82, 2.24) is 4.98 Å². The van der Waals surface area contributed by atoms with Gasteiger partial charge in [0, 0.05) is 12.7 Å². The van der Waals surface area contributed by atoms with Crippen molar-refractivity contribution in [2.45, 2.75) is 13.3 Å². The lowest BCUT2D eigenvalue weighted by Gasteiger charge is -2.08. The van der Waals surface area contributed by atoms with E-state index in [0.717, 1.165) is 25.3 Å². The predicted molar refractivity (Wildman–Crippen MR) is 52.1 cm³/mol. The average molecular weight is 167 g/mol. The summed E-state index contributed by atoms with van der Waals surface area (Å²) in [5, 5.41) is 3.28. The third-order valence-electron chi connectivity index (χ3n) is 1.95. The minimum absolute atomic E-state index is 0.604. The lowest BCUT2D eigenvalue weighted by Crippen LogP contribution is -2.14. The zero-order valence-electron chi connectivity index (χ0n) is 7.51. The Hall–Kier alpha value is -0.960. The van der Waals surface area contributed by atoms with Crippen LogP contribution in [-0.2, 0) is 0 Å². The molecule has 1 heterocycles. The summed E-state index contributed by atoms with van der Waals surface area (Å²) < 4.78 is 0. The zero-order chi connectivity index (χ0) is 8.81. The van der Waals surface area contributed by atoms with Crippen LogP contribution in [0.3, 0.4) is 0 Å². The van der Waals surface area contributed by atoms with Crippen molar-refractivity contribution in [3.8, 4) is 0 Å². The summed E-state index contributed by atoms with van der Waals surface area (Å²) >= 11 is 0. The fourth-order valence-corrected chi connectivity index (χ4v) is 1.01. The van der Waals surface area contributed by atoms with Crippen molar-refractivity contribution in [2.75, 3.05) is 18.4 Å². The van der Waals surface area contributed by atoms with E-state index in [9.17, 15) is 0 Å². The van der Waals surface area contributed by atoms with E-state index >= 15 is 0 Å². The summed E-state index contributed by atoms with van der Waals surface area (Å²) in [6.07, 6.45) is 3.03. The van der Waals surface area contributed by atoms with E-state index in [1.54, 1.807) is 0 Å². The van der Waals surface area contributed by atoms with Gasteiger partial charge in [-0.2, -0.15) is 0 Å². The van der Waals surface area contributed by atoms with Crippen molar-refractivity contribution >= 4 is 5.82 Å².